The maximum absolute atomic E-state index is 12.3. The fourth-order valence-corrected chi connectivity index (χ4v) is 2.67. The molecule has 1 heterocycles. The average Bonchev–Trinajstić information content (AvgIpc) is 2.82. The summed E-state index contributed by atoms with van der Waals surface area (Å²) in [5, 5.41) is 3.45. The summed E-state index contributed by atoms with van der Waals surface area (Å²) >= 11 is 6.01. The van der Waals surface area contributed by atoms with Crippen LogP contribution in [-0.4, -0.2) is 10.9 Å². The van der Waals surface area contributed by atoms with Crippen molar-refractivity contribution in [1.29, 1.82) is 0 Å². The van der Waals surface area contributed by atoms with E-state index in [1.807, 2.05) is 0 Å². The summed E-state index contributed by atoms with van der Waals surface area (Å²) in [5.74, 6) is 0.0902. The van der Waals surface area contributed by atoms with Gasteiger partial charge in [-0.3, -0.25) is 9.78 Å². The van der Waals surface area contributed by atoms with Crippen LogP contribution < -0.4 is 5.32 Å². The molecule has 3 nitrogen and oxygen atoms in total. The van der Waals surface area contributed by atoms with E-state index >= 15 is 0 Å². The minimum atomic E-state index is -0.195. The summed E-state index contributed by atoms with van der Waals surface area (Å²) in [5.41, 5.74) is 0.415. The molecule has 0 saturated heterocycles. The Morgan fingerprint density at radius 3 is 2.82 bits per heavy atom. The van der Waals surface area contributed by atoms with Gasteiger partial charge in [0.05, 0.1) is 16.9 Å². The van der Waals surface area contributed by atoms with E-state index in [2.05, 4.69) is 17.2 Å². The number of carbonyl (C=O) groups is 1. The molecule has 1 N–H and O–H groups in total. The van der Waals surface area contributed by atoms with Crippen molar-refractivity contribution in [2.24, 2.45) is 5.41 Å². The van der Waals surface area contributed by atoms with Crippen LogP contribution in [0.4, 0.5) is 5.69 Å². The van der Waals surface area contributed by atoms with Crippen molar-refractivity contribution < 1.29 is 4.79 Å². The second-order valence-electron chi connectivity index (χ2n) is 4.65. The van der Waals surface area contributed by atoms with E-state index < -0.39 is 0 Å². The SMILES string of the molecule is CCC1(C(=O)Nc2cnccc2Cl)CCCC1. The van der Waals surface area contributed by atoms with Gasteiger partial charge >= 0.3 is 0 Å². The second-order valence-corrected chi connectivity index (χ2v) is 5.06. The van der Waals surface area contributed by atoms with Gasteiger partial charge in [0.1, 0.15) is 0 Å². The van der Waals surface area contributed by atoms with Gasteiger partial charge in [-0.15, -0.1) is 0 Å². The molecule has 0 aliphatic heterocycles. The Morgan fingerprint density at radius 1 is 1.53 bits per heavy atom. The topological polar surface area (TPSA) is 42.0 Å². The normalized spacial score (nSPS) is 18.0. The lowest BCUT2D eigenvalue weighted by atomic mass is 9.82. The number of pyridine rings is 1. The van der Waals surface area contributed by atoms with Gasteiger partial charge in [0.15, 0.2) is 0 Å². The van der Waals surface area contributed by atoms with Gasteiger partial charge in [0.2, 0.25) is 5.91 Å². The van der Waals surface area contributed by atoms with Crippen LogP contribution >= 0.6 is 11.6 Å². The maximum atomic E-state index is 12.3. The van der Waals surface area contributed by atoms with Crippen molar-refractivity contribution >= 4 is 23.2 Å². The summed E-state index contributed by atoms with van der Waals surface area (Å²) in [4.78, 5) is 16.3. The van der Waals surface area contributed by atoms with E-state index in [9.17, 15) is 4.79 Å². The highest BCUT2D eigenvalue weighted by Crippen LogP contribution is 2.42. The highest BCUT2D eigenvalue weighted by atomic mass is 35.5. The maximum Gasteiger partial charge on any atom is 0.230 e. The van der Waals surface area contributed by atoms with E-state index in [0.717, 1.165) is 32.1 Å². The molecule has 1 amide bonds. The van der Waals surface area contributed by atoms with Gasteiger partial charge in [-0.1, -0.05) is 31.4 Å². The smallest absolute Gasteiger partial charge is 0.230 e. The van der Waals surface area contributed by atoms with Gasteiger partial charge in [0, 0.05) is 11.6 Å². The third-order valence-electron chi connectivity index (χ3n) is 3.74. The third kappa shape index (κ3) is 2.44. The molecule has 1 aliphatic carbocycles. The molecular weight excluding hydrogens is 236 g/mol. The minimum Gasteiger partial charge on any atom is -0.323 e. The zero-order valence-electron chi connectivity index (χ0n) is 10.0. The molecule has 17 heavy (non-hydrogen) atoms. The van der Waals surface area contributed by atoms with Crippen LogP contribution in [0.5, 0.6) is 0 Å². The van der Waals surface area contributed by atoms with Crippen molar-refractivity contribution in [2.45, 2.75) is 39.0 Å². The Bertz CT molecular complexity index is 414. The quantitative estimate of drug-likeness (QED) is 0.892. The fourth-order valence-electron chi connectivity index (χ4n) is 2.52. The van der Waals surface area contributed by atoms with Crippen molar-refractivity contribution in [3.63, 3.8) is 0 Å². The van der Waals surface area contributed by atoms with E-state index in [0.29, 0.717) is 10.7 Å². The summed E-state index contributed by atoms with van der Waals surface area (Å²) < 4.78 is 0. The highest BCUT2D eigenvalue weighted by molar-refractivity contribution is 6.33. The van der Waals surface area contributed by atoms with Crippen LogP contribution in [0.25, 0.3) is 0 Å². The number of amides is 1. The molecule has 2 rings (SSSR count). The van der Waals surface area contributed by atoms with Gasteiger partial charge in [-0.2, -0.15) is 0 Å². The predicted molar refractivity (Wildman–Crippen MR) is 69.1 cm³/mol. The lowest BCUT2D eigenvalue weighted by Gasteiger charge is -2.26. The van der Waals surface area contributed by atoms with Crippen molar-refractivity contribution in [3.05, 3.63) is 23.5 Å². The predicted octanol–water partition coefficient (Wildman–Crippen LogP) is 3.64. The molecule has 0 bridgehead atoms. The Morgan fingerprint density at radius 2 is 2.24 bits per heavy atom. The Balaban J connectivity index is 2.14. The van der Waals surface area contributed by atoms with Crippen LogP contribution in [0.2, 0.25) is 5.02 Å². The Hall–Kier alpha value is -1.09. The lowest BCUT2D eigenvalue weighted by molar-refractivity contribution is -0.125. The molecule has 0 atom stereocenters. The molecular formula is C13H17ClN2O. The molecule has 1 aromatic heterocycles. The standard InChI is InChI=1S/C13H17ClN2O/c1-2-13(6-3-4-7-13)12(17)16-11-9-15-8-5-10(11)14/h5,8-9H,2-4,6-7H2,1H3,(H,16,17). The number of aromatic nitrogens is 1. The molecule has 1 aromatic rings. The number of hydrogen-bond donors (Lipinski definition) is 1. The summed E-state index contributed by atoms with van der Waals surface area (Å²) in [6, 6.07) is 1.68. The number of hydrogen-bond acceptors (Lipinski definition) is 2. The van der Waals surface area contributed by atoms with E-state index in [-0.39, 0.29) is 11.3 Å². The molecule has 1 aliphatic rings. The summed E-state index contributed by atoms with van der Waals surface area (Å²) in [6.07, 6.45) is 8.34. The number of nitrogens with zero attached hydrogens (tertiary/aromatic N) is 1. The van der Waals surface area contributed by atoms with Crippen molar-refractivity contribution in [3.8, 4) is 0 Å². The molecule has 4 heteroatoms. The van der Waals surface area contributed by atoms with Crippen molar-refractivity contribution in [2.75, 3.05) is 5.32 Å². The molecule has 92 valence electrons. The number of anilines is 1. The second kappa shape index (κ2) is 5.05. The summed E-state index contributed by atoms with van der Waals surface area (Å²) in [6.45, 7) is 2.08. The monoisotopic (exact) mass is 252 g/mol. The zero-order valence-corrected chi connectivity index (χ0v) is 10.8. The van der Waals surface area contributed by atoms with Crippen LogP contribution in [-0.2, 0) is 4.79 Å². The molecule has 1 saturated carbocycles. The number of nitrogens with one attached hydrogen (secondary N) is 1. The number of halogens is 1. The van der Waals surface area contributed by atoms with Crippen LogP contribution in [0, 0.1) is 5.41 Å². The molecule has 0 aromatic carbocycles. The van der Waals surface area contributed by atoms with Gasteiger partial charge in [-0.05, 0) is 25.3 Å². The lowest BCUT2D eigenvalue weighted by Crippen LogP contribution is -2.33. The third-order valence-corrected chi connectivity index (χ3v) is 4.06. The Labute approximate surface area is 107 Å². The first-order valence-electron chi connectivity index (χ1n) is 6.09. The fraction of sp³-hybridized carbons (Fsp3) is 0.538. The molecule has 0 radical (unpaired) electrons. The highest BCUT2D eigenvalue weighted by Gasteiger charge is 2.39. The Kier molecular flexibility index (Phi) is 3.67. The minimum absolute atomic E-state index is 0.0902. The van der Waals surface area contributed by atoms with E-state index in [1.165, 1.54) is 0 Å². The number of carbonyl (C=O) groups excluding carboxylic acids is 1. The van der Waals surface area contributed by atoms with E-state index in [1.54, 1.807) is 18.5 Å². The number of rotatable bonds is 3. The molecule has 0 spiro atoms. The first-order chi connectivity index (χ1) is 8.18. The van der Waals surface area contributed by atoms with E-state index in [4.69, 9.17) is 11.6 Å². The largest absolute Gasteiger partial charge is 0.323 e. The van der Waals surface area contributed by atoms with Crippen molar-refractivity contribution in [1.82, 2.24) is 4.98 Å². The van der Waals surface area contributed by atoms with Gasteiger partial charge < -0.3 is 5.32 Å². The first-order valence-corrected chi connectivity index (χ1v) is 6.47. The zero-order chi connectivity index (χ0) is 12.3. The van der Waals surface area contributed by atoms with Gasteiger partial charge in [0.25, 0.3) is 0 Å². The van der Waals surface area contributed by atoms with Crippen LogP contribution in [0.3, 0.4) is 0 Å². The van der Waals surface area contributed by atoms with Crippen LogP contribution in [0.15, 0.2) is 18.5 Å². The van der Waals surface area contributed by atoms with Gasteiger partial charge in [-0.25, -0.2) is 0 Å². The van der Waals surface area contributed by atoms with Crippen LogP contribution in [0.1, 0.15) is 39.0 Å². The summed E-state index contributed by atoms with van der Waals surface area (Å²) in [7, 11) is 0. The first kappa shape index (κ1) is 12.4. The average molecular weight is 253 g/mol. The molecule has 0 unspecified atom stereocenters. The molecule has 1 fully saturated rings.